The Morgan fingerprint density at radius 2 is 1.81 bits per heavy atom. The molecule has 0 aliphatic rings. The average Bonchev–Trinajstić information content (AvgIpc) is 2.62. The van der Waals surface area contributed by atoms with Crippen LogP contribution in [0.25, 0.3) is 0 Å². The molecule has 3 aromatic rings. The quantitative estimate of drug-likeness (QED) is 0.472. The van der Waals surface area contributed by atoms with E-state index < -0.39 is 5.97 Å². The summed E-state index contributed by atoms with van der Waals surface area (Å²) >= 11 is 1.59. The zero-order valence-corrected chi connectivity index (χ0v) is 15.2. The molecule has 3 rings (SSSR count). The van der Waals surface area contributed by atoms with Gasteiger partial charge in [-0.15, -0.1) is 0 Å². The highest BCUT2D eigenvalue weighted by atomic mass is 32.2. The molecule has 0 saturated heterocycles. The number of hydrogen-bond donors (Lipinski definition) is 2. The van der Waals surface area contributed by atoms with E-state index in [1.54, 1.807) is 42.1 Å². The zero-order chi connectivity index (χ0) is 18.4. The molecule has 1 heterocycles. The highest BCUT2D eigenvalue weighted by Gasteiger charge is 2.10. The molecule has 6 heteroatoms. The minimum atomic E-state index is -0.976. The van der Waals surface area contributed by atoms with Gasteiger partial charge in [-0.2, -0.15) is 0 Å². The lowest BCUT2D eigenvalue weighted by Gasteiger charge is -2.10. The van der Waals surface area contributed by atoms with Crippen molar-refractivity contribution >= 4 is 29.2 Å². The Balaban J connectivity index is 1.71. The standard InChI is InChI=1S/C20H19N3O2S/c1-14-13-18(22-17-10-6-5-9-16(17)19(24)25)23-20(21-14)26-12-11-15-7-3-2-4-8-15/h2-10,13H,11-12H2,1H3,(H,24,25)(H,21,22,23). The van der Waals surface area contributed by atoms with Crippen LogP contribution >= 0.6 is 11.8 Å². The van der Waals surface area contributed by atoms with Gasteiger partial charge in [0.1, 0.15) is 5.82 Å². The number of hydrogen-bond acceptors (Lipinski definition) is 5. The second kappa shape index (κ2) is 8.49. The van der Waals surface area contributed by atoms with Crippen LogP contribution < -0.4 is 5.32 Å². The van der Waals surface area contributed by atoms with Crippen LogP contribution in [-0.4, -0.2) is 26.8 Å². The second-order valence-electron chi connectivity index (χ2n) is 5.74. The summed E-state index contributed by atoms with van der Waals surface area (Å²) in [6.45, 7) is 1.90. The lowest BCUT2D eigenvalue weighted by Crippen LogP contribution is -2.04. The van der Waals surface area contributed by atoms with Crippen molar-refractivity contribution in [3.05, 3.63) is 77.5 Å². The van der Waals surface area contributed by atoms with Crippen molar-refractivity contribution in [3.8, 4) is 0 Å². The summed E-state index contributed by atoms with van der Waals surface area (Å²) in [4.78, 5) is 20.3. The highest BCUT2D eigenvalue weighted by molar-refractivity contribution is 7.99. The van der Waals surface area contributed by atoms with Crippen molar-refractivity contribution in [1.82, 2.24) is 9.97 Å². The van der Waals surface area contributed by atoms with Crippen LogP contribution in [-0.2, 0) is 6.42 Å². The Morgan fingerprint density at radius 3 is 2.58 bits per heavy atom. The highest BCUT2D eigenvalue weighted by Crippen LogP contribution is 2.23. The molecule has 0 unspecified atom stereocenters. The number of carboxylic acid groups (broad SMARTS) is 1. The van der Waals surface area contributed by atoms with Crippen LogP contribution in [0.1, 0.15) is 21.6 Å². The molecule has 0 spiro atoms. The maximum atomic E-state index is 11.3. The number of aromatic carboxylic acids is 1. The summed E-state index contributed by atoms with van der Waals surface area (Å²) in [6, 6.07) is 18.9. The van der Waals surface area contributed by atoms with Crippen molar-refractivity contribution < 1.29 is 9.90 Å². The molecular weight excluding hydrogens is 346 g/mol. The van der Waals surface area contributed by atoms with Gasteiger partial charge in [-0.05, 0) is 31.0 Å². The molecule has 0 amide bonds. The van der Waals surface area contributed by atoms with E-state index in [-0.39, 0.29) is 5.56 Å². The van der Waals surface area contributed by atoms with Crippen LogP contribution in [0, 0.1) is 6.92 Å². The Bertz CT molecular complexity index is 901. The second-order valence-corrected chi connectivity index (χ2v) is 6.80. The summed E-state index contributed by atoms with van der Waals surface area (Å²) < 4.78 is 0. The number of rotatable bonds is 7. The van der Waals surface area contributed by atoms with E-state index in [1.165, 1.54) is 5.56 Å². The van der Waals surface area contributed by atoms with E-state index in [2.05, 4.69) is 27.4 Å². The predicted molar refractivity (Wildman–Crippen MR) is 104 cm³/mol. The fraction of sp³-hybridized carbons (Fsp3) is 0.150. The number of nitrogens with one attached hydrogen (secondary N) is 1. The Hall–Kier alpha value is -2.86. The van der Waals surface area contributed by atoms with Gasteiger partial charge in [-0.25, -0.2) is 14.8 Å². The normalized spacial score (nSPS) is 10.5. The van der Waals surface area contributed by atoms with Crippen molar-refractivity contribution in [2.45, 2.75) is 18.5 Å². The Labute approximate surface area is 156 Å². The van der Waals surface area contributed by atoms with Gasteiger partial charge < -0.3 is 10.4 Å². The van der Waals surface area contributed by atoms with E-state index in [0.29, 0.717) is 16.7 Å². The van der Waals surface area contributed by atoms with Crippen LogP contribution in [0.15, 0.2) is 65.8 Å². The molecular formula is C20H19N3O2S. The number of benzene rings is 2. The fourth-order valence-corrected chi connectivity index (χ4v) is 3.38. The molecule has 0 fully saturated rings. The van der Waals surface area contributed by atoms with Crippen molar-refractivity contribution in [3.63, 3.8) is 0 Å². The van der Waals surface area contributed by atoms with Gasteiger partial charge in [0, 0.05) is 17.5 Å². The first-order valence-corrected chi connectivity index (χ1v) is 9.22. The summed E-state index contributed by atoms with van der Waals surface area (Å²) in [5, 5.41) is 13.1. The number of anilines is 2. The monoisotopic (exact) mass is 365 g/mol. The number of carbonyl (C=O) groups is 1. The molecule has 26 heavy (non-hydrogen) atoms. The molecule has 132 valence electrons. The molecule has 0 aliphatic heterocycles. The van der Waals surface area contributed by atoms with Gasteiger partial charge in [-0.3, -0.25) is 0 Å². The van der Waals surface area contributed by atoms with Crippen LogP contribution in [0.3, 0.4) is 0 Å². The predicted octanol–water partition coefficient (Wildman–Crippen LogP) is 4.56. The van der Waals surface area contributed by atoms with Crippen LogP contribution in [0.5, 0.6) is 0 Å². The lowest BCUT2D eigenvalue weighted by atomic mass is 10.2. The number of carboxylic acids is 1. The Morgan fingerprint density at radius 1 is 1.08 bits per heavy atom. The number of thioether (sulfide) groups is 1. The van der Waals surface area contributed by atoms with Gasteiger partial charge in [0.25, 0.3) is 0 Å². The summed E-state index contributed by atoms with van der Waals surface area (Å²) in [5.74, 6) is 0.489. The first-order valence-electron chi connectivity index (χ1n) is 8.23. The molecule has 0 aliphatic carbocycles. The SMILES string of the molecule is Cc1cc(Nc2ccccc2C(=O)O)nc(SCCc2ccccc2)n1. The van der Waals surface area contributed by atoms with E-state index in [1.807, 2.05) is 25.1 Å². The summed E-state index contributed by atoms with van der Waals surface area (Å²) in [5.41, 5.74) is 2.83. The molecule has 0 atom stereocenters. The van der Waals surface area contributed by atoms with Crippen molar-refractivity contribution in [1.29, 1.82) is 0 Å². The number of para-hydroxylation sites is 1. The average molecular weight is 365 g/mol. The molecule has 0 bridgehead atoms. The van der Waals surface area contributed by atoms with Gasteiger partial charge >= 0.3 is 5.97 Å². The lowest BCUT2D eigenvalue weighted by molar-refractivity contribution is 0.0698. The molecule has 2 N–H and O–H groups in total. The number of nitrogens with zero attached hydrogens (tertiary/aromatic N) is 2. The minimum absolute atomic E-state index is 0.210. The molecule has 0 saturated carbocycles. The van der Waals surface area contributed by atoms with Gasteiger partial charge in [0.15, 0.2) is 5.16 Å². The smallest absolute Gasteiger partial charge is 0.337 e. The van der Waals surface area contributed by atoms with E-state index >= 15 is 0 Å². The minimum Gasteiger partial charge on any atom is -0.478 e. The number of aromatic nitrogens is 2. The summed E-state index contributed by atoms with van der Waals surface area (Å²) in [7, 11) is 0. The largest absolute Gasteiger partial charge is 0.478 e. The fourth-order valence-electron chi connectivity index (χ4n) is 2.49. The van der Waals surface area contributed by atoms with E-state index in [0.717, 1.165) is 17.9 Å². The third-order valence-corrected chi connectivity index (χ3v) is 4.57. The maximum Gasteiger partial charge on any atom is 0.337 e. The maximum absolute atomic E-state index is 11.3. The van der Waals surface area contributed by atoms with E-state index in [9.17, 15) is 9.90 Å². The van der Waals surface area contributed by atoms with E-state index in [4.69, 9.17) is 0 Å². The van der Waals surface area contributed by atoms with Gasteiger partial charge in [-0.1, -0.05) is 54.2 Å². The first-order chi connectivity index (χ1) is 12.6. The molecule has 1 aromatic heterocycles. The van der Waals surface area contributed by atoms with Crippen LogP contribution in [0.4, 0.5) is 11.5 Å². The third kappa shape index (κ3) is 4.83. The Kier molecular flexibility index (Phi) is 5.86. The number of aryl methyl sites for hydroxylation is 2. The van der Waals surface area contributed by atoms with Gasteiger partial charge in [0.2, 0.25) is 0 Å². The molecule has 2 aromatic carbocycles. The topological polar surface area (TPSA) is 75.1 Å². The first kappa shape index (κ1) is 17.9. The molecule has 5 nitrogen and oxygen atoms in total. The van der Waals surface area contributed by atoms with Crippen molar-refractivity contribution in [2.24, 2.45) is 0 Å². The zero-order valence-electron chi connectivity index (χ0n) is 14.3. The van der Waals surface area contributed by atoms with Gasteiger partial charge in [0.05, 0.1) is 11.3 Å². The molecule has 0 radical (unpaired) electrons. The van der Waals surface area contributed by atoms with Crippen molar-refractivity contribution in [2.75, 3.05) is 11.1 Å². The van der Waals surface area contributed by atoms with Crippen LogP contribution in [0.2, 0.25) is 0 Å². The third-order valence-electron chi connectivity index (χ3n) is 3.72. The summed E-state index contributed by atoms with van der Waals surface area (Å²) in [6.07, 6.45) is 0.938.